The highest BCUT2D eigenvalue weighted by atomic mass is 16.6. The summed E-state index contributed by atoms with van der Waals surface area (Å²) >= 11 is 0. The fraction of sp³-hybridized carbons (Fsp3) is 0.125. The van der Waals surface area contributed by atoms with Crippen molar-refractivity contribution in [3.63, 3.8) is 0 Å². The van der Waals surface area contributed by atoms with Crippen molar-refractivity contribution in [2.45, 2.75) is 12.8 Å². The van der Waals surface area contributed by atoms with Gasteiger partial charge in [0.15, 0.2) is 0 Å². The van der Waals surface area contributed by atoms with Crippen molar-refractivity contribution in [1.82, 2.24) is 0 Å². The number of rotatable bonds is 5. The first kappa shape index (κ1) is 15.7. The predicted octanol–water partition coefficient (Wildman–Crippen LogP) is 2.84. The van der Waals surface area contributed by atoms with E-state index in [2.05, 4.69) is 5.32 Å². The van der Waals surface area contributed by atoms with E-state index in [0.717, 1.165) is 12.5 Å². The van der Waals surface area contributed by atoms with Gasteiger partial charge >= 0.3 is 0 Å². The van der Waals surface area contributed by atoms with Gasteiger partial charge in [-0.05, 0) is 23.8 Å². The first-order chi connectivity index (χ1) is 10.4. The maximum atomic E-state index is 11.3. The van der Waals surface area contributed by atoms with Gasteiger partial charge in [-0.1, -0.05) is 42.5 Å². The summed E-state index contributed by atoms with van der Waals surface area (Å²) in [4.78, 5) is 10.8. The lowest BCUT2D eigenvalue weighted by atomic mass is 10.1. The van der Waals surface area contributed by atoms with Crippen LogP contribution in [-0.2, 0) is 0 Å². The van der Waals surface area contributed by atoms with Gasteiger partial charge in [0.1, 0.15) is 5.69 Å². The molecule has 0 aliphatic carbocycles. The van der Waals surface area contributed by atoms with E-state index in [1.54, 1.807) is 24.3 Å². The molecule has 0 amide bonds. The molecular formula is C16H16N2O4. The highest BCUT2D eigenvalue weighted by molar-refractivity contribution is 5.80. The molecular weight excluding hydrogens is 284 g/mol. The number of hydrogen-bond donors (Lipinski definition) is 3. The lowest BCUT2D eigenvalue weighted by Gasteiger charge is -2.19. The predicted molar refractivity (Wildman–Crippen MR) is 84.9 cm³/mol. The van der Waals surface area contributed by atoms with E-state index in [-0.39, 0.29) is 11.4 Å². The van der Waals surface area contributed by atoms with Crippen LogP contribution in [0.3, 0.4) is 0 Å². The normalized spacial score (nSPS) is 11.6. The van der Waals surface area contributed by atoms with Crippen molar-refractivity contribution in [2.75, 3.05) is 5.32 Å². The summed E-state index contributed by atoms with van der Waals surface area (Å²) in [5.41, 5.74) is 1.09. The summed E-state index contributed by atoms with van der Waals surface area (Å²) in [6, 6.07) is 14.0. The molecule has 0 saturated heterocycles. The van der Waals surface area contributed by atoms with E-state index in [4.69, 9.17) is 0 Å². The maximum Gasteiger partial charge on any atom is 0.299 e. The molecule has 0 bridgehead atoms. The van der Waals surface area contributed by atoms with Gasteiger partial charge in [-0.3, -0.25) is 10.1 Å². The SMILES string of the molecule is CC(O)(O)Nc1cccc(/C=C/c2ccccc2)c1[N+](=O)[O-]. The summed E-state index contributed by atoms with van der Waals surface area (Å²) in [6.07, 6.45) is 3.37. The molecule has 0 heterocycles. The van der Waals surface area contributed by atoms with E-state index < -0.39 is 10.8 Å². The Bertz CT molecular complexity index is 691. The van der Waals surface area contributed by atoms with E-state index >= 15 is 0 Å². The molecule has 0 aliphatic heterocycles. The Balaban J connectivity index is 2.41. The largest absolute Gasteiger partial charge is 0.349 e. The molecule has 0 aliphatic rings. The smallest absolute Gasteiger partial charge is 0.299 e. The van der Waals surface area contributed by atoms with Gasteiger partial charge in [0.2, 0.25) is 5.91 Å². The second kappa shape index (κ2) is 6.38. The summed E-state index contributed by atoms with van der Waals surface area (Å²) in [7, 11) is 0. The zero-order chi connectivity index (χ0) is 16.2. The number of nitrogens with zero attached hydrogens (tertiary/aromatic N) is 1. The van der Waals surface area contributed by atoms with Crippen LogP contribution in [0.25, 0.3) is 12.2 Å². The highest BCUT2D eigenvalue weighted by Gasteiger charge is 2.23. The van der Waals surface area contributed by atoms with Gasteiger partial charge in [-0.2, -0.15) is 0 Å². The van der Waals surface area contributed by atoms with Crippen molar-refractivity contribution >= 4 is 23.5 Å². The third kappa shape index (κ3) is 4.15. The molecule has 6 heteroatoms. The third-order valence-corrected chi connectivity index (χ3v) is 2.88. The number of nitrogens with one attached hydrogen (secondary N) is 1. The highest BCUT2D eigenvalue weighted by Crippen LogP contribution is 2.31. The number of para-hydroxylation sites is 1. The second-order valence-corrected chi connectivity index (χ2v) is 4.89. The summed E-state index contributed by atoms with van der Waals surface area (Å²) in [6.45, 7) is 1.09. The van der Waals surface area contributed by atoms with Crippen LogP contribution in [0.15, 0.2) is 48.5 Å². The standard InChI is InChI=1S/C16H16N2O4/c1-16(19,20)17-14-9-5-8-13(15(14)18(21)22)11-10-12-6-3-2-4-7-12/h2-11,17,19-20H,1H3/b11-10+. The Hall–Kier alpha value is -2.70. The summed E-state index contributed by atoms with van der Waals surface area (Å²) in [5, 5.41) is 32.4. The molecule has 2 aromatic rings. The lowest BCUT2D eigenvalue weighted by molar-refractivity contribution is -0.384. The molecule has 3 N–H and O–H groups in total. The van der Waals surface area contributed by atoms with Crippen LogP contribution >= 0.6 is 0 Å². The molecule has 2 rings (SSSR count). The van der Waals surface area contributed by atoms with Crippen molar-refractivity contribution in [3.05, 3.63) is 69.8 Å². The monoisotopic (exact) mass is 300 g/mol. The van der Waals surface area contributed by atoms with Crippen molar-refractivity contribution in [2.24, 2.45) is 0 Å². The number of aliphatic hydroxyl groups is 2. The van der Waals surface area contributed by atoms with Crippen LogP contribution in [0.4, 0.5) is 11.4 Å². The Morgan fingerprint density at radius 2 is 1.77 bits per heavy atom. The molecule has 0 unspecified atom stereocenters. The average molecular weight is 300 g/mol. The Morgan fingerprint density at radius 1 is 1.09 bits per heavy atom. The van der Waals surface area contributed by atoms with Crippen LogP contribution in [0, 0.1) is 10.1 Å². The van der Waals surface area contributed by atoms with Gasteiger partial charge in [-0.15, -0.1) is 0 Å². The van der Waals surface area contributed by atoms with Crippen LogP contribution < -0.4 is 5.32 Å². The molecule has 0 spiro atoms. The van der Waals surface area contributed by atoms with Crippen molar-refractivity contribution in [1.29, 1.82) is 0 Å². The van der Waals surface area contributed by atoms with Crippen molar-refractivity contribution < 1.29 is 15.1 Å². The average Bonchev–Trinajstić information content (AvgIpc) is 2.44. The Morgan fingerprint density at radius 3 is 2.36 bits per heavy atom. The number of nitro groups is 1. The molecule has 6 nitrogen and oxygen atoms in total. The van der Waals surface area contributed by atoms with Crippen molar-refractivity contribution in [3.8, 4) is 0 Å². The van der Waals surface area contributed by atoms with Crippen LogP contribution in [0.2, 0.25) is 0 Å². The van der Waals surface area contributed by atoms with Crippen LogP contribution in [0.5, 0.6) is 0 Å². The molecule has 0 fully saturated rings. The van der Waals surface area contributed by atoms with Gasteiger partial charge < -0.3 is 15.5 Å². The molecule has 114 valence electrons. The Kier molecular flexibility index (Phi) is 4.55. The topological polar surface area (TPSA) is 95.6 Å². The number of anilines is 1. The van der Waals surface area contributed by atoms with Gasteiger partial charge in [0.25, 0.3) is 5.69 Å². The van der Waals surface area contributed by atoms with E-state index in [1.807, 2.05) is 30.3 Å². The second-order valence-electron chi connectivity index (χ2n) is 4.89. The molecule has 22 heavy (non-hydrogen) atoms. The summed E-state index contributed by atoms with van der Waals surface area (Å²) in [5.74, 6) is -2.24. The zero-order valence-electron chi connectivity index (χ0n) is 11.9. The van der Waals surface area contributed by atoms with E-state index in [9.17, 15) is 20.3 Å². The molecule has 0 radical (unpaired) electrons. The number of hydrogen-bond acceptors (Lipinski definition) is 5. The quantitative estimate of drug-likeness (QED) is 0.341. The Labute approximate surface area is 127 Å². The maximum absolute atomic E-state index is 11.3. The number of nitro benzene ring substituents is 1. The third-order valence-electron chi connectivity index (χ3n) is 2.88. The van der Waals surface area contributed by atoms with Crippen LogP contribution in [0.1, 0.15) is 18.1 Å². The zero-order valence-corrected chi connectivity index (χ0v) is 11.9. The molecule has 0 aromatic heterocycles. The fourth-order valence-corrected chi connectivity index (χ4v) is 2.01. The minimum atomic E-state index is -2.24. The van der Waals surface area contributed by atoms with E-state index in [0.29, 0.717) is 5.56 Å². The fourth-order valence-electron chi connectivity index (χ4n) is 2.01. The van der Waals surface area contributed by atoms with Gasteiger partial charge in [0, 0.05) is 6.92 Å². The molecule has 2 aromatic carbocycles. The molecule has 0 saturated carbocycles. The first-order valence-corrected chi connectivity index (χ1v) is 6.60. The van der Waals surface area contributed by atoms with Gasteiger partial charge in [0.05, 0.1) is 10.5 Å². The van der Waals surface area contributed by atoms with E-state index in [1.165, 1.54) is 6.07 Å². The lowest BCUT2D eigenvalue weighted by Crippen LogP contribution is -2.33. The minimum absolute atomic E-state index is 0.0349. The first-order valence-electron chi connectivity index (χ1n) is 6.60. The molecule has 0 atom stereocenters. The van der Waals surface area contributed by atoms with Gasteiger partial charge in [-0.25, -0.2) is 0 Å². The minimum Gasteiger partial charge on any atom is -0.349 e. The summed E-state index contributed by atoms with van der Waals surface area (Å²) < 4.78 is 0. The van der Waals surface area contributed by atoms with Crippen LogP contribution in [-0.4, -0.2) is 21.0 Å². The number of benzene rings is 2.